The first-order valence-electron chi connectivity index (χ1n) is 7.67. The van der Waals surface area contributed by atoms with Crippen molar-refractivity contribution in [2.24, 2.45) is 4.99 Å². The number of hydrogen-bond acceptors (Lipinski definition) is 4. The molecule has 3 heterocycles. The van der Waals surface area contributed by atoms with Gasteiger partial charge in [-0.15, -0.1) is 0 Å². The Bertz CT molecular complexity index is 913. The van der Waals surface area contributed by atoms with Crippen molar-refractivity contribution >= 4 is 29.3 Å². The molecule has 4 nitrogen and oxygen atoms in total. The van der Waals surface area contributed by atoms with Gasteiger partial charge in [0, 0.05) is 16.9 Å². The van der Waals surface area contributed by atoms with Crippen LogP contribution in [0.15, 0.2) is 76.4 Å². The van der Waals surface area contributed by atoms with E-state index >= 15 is 0 Å². The SMILES string of the molecule is O=C1C=c2ccccc2=N1.O=C1Cc2ccccc2O1.c1ccsc1. The first kappa shape index (κ1) is 16.8. The van der Waals surface area contributed by atoms with Crippen molar-refractivity contribution in [3.05, 3.63) is 87.6 Å². The molecule has 2 aromatic carbocycles. The van der Waals surface area contributed by atoms with Gasteiger partial charge in [0.25, 0.3) is 5.91 Å². The number of amides is 1. The van der Waals surface area contributed by atoms with Crippen LogP contribution in [0.3, 0.4) is 0 Å². The van der Waals surface area contributed by atoms with E-state index in [9.17, 15) is 9.59 Å². The molecule has 0 atom stereocenters. The minimum absolute atomic E-state index is 0.152. The van der Waals surface area contributed by atoms with Crippen molar-refractivity contribution in [1.29, 1.82) is 0 Å². The number of ether oxygens (including phenoxy) is 1. The number of fused-ring (bicyclic) bond motifs is 2. The third-order valence-electron chi connectivity index (χ3n) is 3.40. The predicted molar refractivity (Wildman–Crippen MR) is 96.8 cm³/mol. The number of benzene rings is 2. The Morgan fingerprint density at radius 1 is 0.880 bits per heavy atom. The Labute approximate surface area is 148 Å². The van der Waals surface area contributed by atoms with Gasteiger partial charge in [0.1, 0.15) is 5.75 Å². The van der Waals surface area contributed by atoms with Gasteiger partial charge in [-0.05, 0) is 22.9 Å². The molecule has 5 heteroatoms. The number of esters is 1. The molecule has 2 aliphatic heterocycles. The first-order chi connectivity index (χ1) is 12.2. The summed E-state index contributed by atoms with van der Waals surface area (Å²) >= 11 is 1.71. The van der Waals surface area contributed by atoms with E-state index in [1.807, 2.05) is 65.4 Å². The lowest BCUT2D eigenvalue weighted by Gasteiger charge is -1.91. The Kier molecular flexibility index (Phi) is 5.49. The Morgan fingerprint density at radius 3 is 2.28 bits per heavy atom. The lowest BCUT2D eigenvalue weighted by molar-refractivity contribution is -0.131. The van der Waals surface area contributed by atoms with E-state index in [0.717, 1.165) is 16.1 Å². The zero-order valence-electron chi connectivity index (χ0n) is 13.3. The van der Waals surface area contributed by atoms with Gasteiger partial charge in [-0.25, -0.2) is 4.99 Å². The molecule has 1 amide bonds. The van der Waals surface area contributed by atoms with Crippen LogP contribution in [-0.4, -0.2) is 11.9 Å². The Hall–Kier alpha value is -3.05. The lowest BCUT2D eigenvalue weighted by Crippen LogP contribution is -2.19. The van der Waals surface area contributed by atoms with Crippen molar-refractivity contribution in [1.82, 2.24) is 0 Å². The molecule has 3 aromatic rings. The lowest BCUT2D eigenvalue weighted by atomic mass is 10.2. The van der Waals surface area contributed by atoms with E-state index in [2.05, 4.69) is 4.99 Å². The smallest absolute Gasteiger partial charge is 0.315 e. The van der Waals surface area contributed by atoms with Crippen LogP contribution in [0.25, 0.3) is 6.08 Å². The van der Waals surface area contributed by atoms with Gasteiger partial charge in [-0.2, -0.15) is 11.3 Å². The predicted octanol–water partition coefficient (Wildman–Crippen LogP) is 2.52. The second-order valence-corrected chi connectivity index (χ2v) is 6.02. The Morgan fingerprint density at radius 2 is 1.60 bits per heavy atom. The van der Waals surface area contributed by atoms with Crippen molar-refractivity contribution in [2.45, 2.75) is 6.42 Å². The van der Waals surface area contributed by atoms with Gasteiger partial charge in [0.15, 0.2) is 0 Å². The molecule has 0 saturated carbocycles. The highest BCUT2D eigenvalue weighted by Gasteiger charge is 2.18. The molecule has 5 rings (SSSR count). The number of nitrogens with zero attached hydrogens (tertiary/aromatic N) is 1. The van der Waals surface area contributed by atoms with Crippen molar-refractivity contribution < 1.29 is 14.3 Å². The number of rotatable bonds is 0. The topological polar surface area (TPSA) is 55.7 Å². The van der Waals surface area contributed by atoms with Crippen LogP contribution in [0.2, 0.25) is 0 Å². The van der Waals surface area contributed by atoms with Crippen molar-refractivity contribution in [3.8, 4) is 5.75 Å². The zero-order valence-corrected chi connectivity index (χ0v) is 14.1. The van der Waals surface area contributed by atoms with Gasteiger partial charge in [-0.1, -0.05) is 48.5 Å². The molecule has 0 aliphatic carbocycles. The van der Waals surface area contributed by atoms with Gasteiger partial charge >= 0.3 is 5.97 Å². The summed E-state index contributed by atoms with van der Waals surface area (Å²) in [4.78, 5) is 25.1. The van der Waals surface area contributed by atoms with Gasteiger partial charge in [0.2, 0.25) is 0 Å². The maximum absolute atomic E-state index is 10.7. The molecule has 0 spiro atoms. The molecule has 2 aliphatic rings. The van der Waals surface area contributed by atoms with E-state index in [0.29, 0.717) is 12.2 Å². The summed E-state index contributed by atoms with van der Waals surface area (Å²) in [6, 6.07) is 19.0. The maximum Gasteiger partial charge on any atom is 0.315 e. The van der Waals surface area contributed by atoms with E-state index < -0.39 is 0 Å². The van der Waals surface area contributed by atoms with E-state index in [-0.39, 0.29) is 11.9 Å². The highest BCUT2D eigenvalue weighted by molar-refractivity contribution is 7.07. The molecular weight excluding hydrogens is 334 g/mol. The normalized spacial score (nSPS) is 13.0. The fourth-order valence-corrected chi connectivity index (χ4v) is 2.74. The largest absolute Gasteiger partial charge is 0.426 e. The number of thiophene rings is 1. The number of carbonyl (C=O) groups excluding carboxylic acids is 2. The number of carbonyl (C=O) groups is 2. The molecule has 0 saturated heterocycles. The standard InChI is InChI=1S/C8H5NO.C8H6O2.C4H4S/c10-8-5-6-3-1-2-4-7(6)9-8;9-8-5-6-3-1-2-4-7(6)10-8;1-2-4-5-3-1/h1-5H;1-4H,5H2;1-4H. The highest BCUT2D eigenvalue weighted by Crippen LogP contribution is 2.24. The fourth-order valence-electron chi connectivity index (χ4n) is 2.29. The molecule has 0 fully saturated rings. The minimum Gasteiger partial charge on any atom is -0.426 e. The molecule has 0 bridgehead atoms. The summed E-state index contributed by atoms with van der Waals surface area (Å²) in [5.74, 6) is 0.412. The molecule has 0 radical (unpaired) electrons. The minimum atomic E-state index is -0.152. The Balaban J connectivity index is 0.000000116. The van der Waals surface area contributed by atoms with Crippen molar-refractivity contribution in [2.75, 3.05) is 0 Å². The molecular formula is C20H15NO3S. The summed E-state index contributed by atoms with van der Waals surface area (Å²) in [6.07, 6.45) is 1.96. The van der Waals surface area contributed by atoms with Crippen LogP contribution >= 0.6 is 11.3 Å². The maximum atomic E-state index is 10.7. The van der Waals surface area contributed by atoms with E-state index in [1.54, 1.807) is 17.4 Å². The van der Waals surface area contributed by atoms with Gasteiger partial charge < -0.3 is 4.74 Å². The van der Waals surface area contributed by atoms with Crippen LogP contribution in [0.4, 0.5) is 0 Å². The fraction of sp³-hybridized carbons (Fsp3) is 0.0500. The molecule has 0 unspecified atom stereocenters. The average molecular weight is 349 g/mol. The number of hydrogen-bond donors (Lipinski definition) is 0. The molecule has 25 heavy (non-hydrogen) atoms. The zero-order chi connectivity index (χ0) is 17.5. The van der Waals surface area contributed by atoms with E-state index in [1.165, 1.54) is 6.08 Å². The third kappa shape index (κ3) is 4.71. The second kappa shape index (κ2) is 8.17. The molecule has 124 valence electrons. The monoisotopic (exact) mass is 349 g/mol. The van der Waals surface area contributed by atoms with Gasteiger partial charge in [-0.3, -0.25) is 9.59 Å². The van der Waals surface area contributed by atoms with E-state index in [4.69, 9.17) is 4.74 Å². The van der Waals surface area contributed by atoms with Crippen LogP contribution in [-0.2, 0) is 16.0 Å². The summed E-state index contributed by atoms with van der Waals surface area (Å²) < 4.78 is 4.87. The van der Waals surface area contributed by atoms with Gasteiger partial charge in [0.05, 0.1) is 11.8 Å². The summed E-state index contributed by atoms with van der Waals surface area (Å²) in [7, 11) is 0. The summed E-state index contributed by atoms with van der Waals surface area (Å²) in [5.41, 5.74) is 0.993. The van der Waals surface area contributed by atoms with Crippen LogP contribution in [0, 0.1) is 0 Å². The highest BCUT2D eigenvalue weighted by atomic mass is 32.1. The third-order valence-corrected chi connectivity index (χ3v) is 4.03. The number of para-hydroxylation sites is 2. The van der Waals surface area contributed by atoms with Crippen LogP contribution < -0.4 is 15.3 Å². The average Bonchev–Trinajstić information content (AvgIpc) is 3.35. The van der Waals surface area contributed by atoms with Crippen molar-refractivity contribution in [3.63, 3.8) is 0 Å². The van der Waals surface area contributed by atoms with Crippen LogP contribution in [0.1, 0.15) is 5.56 Å². The summed E-state index contributed by atoms with van der Waals surface area (Å²) in [6.45, 7) is 0. The molecule has 0 N–H and O–H groups in total. The second-order valence-electron chi connectivity index (χ2n) is 5.20. The summed E-state index contributed by atoms with van der Waals surface area (Å²) in [5, 5.41) is 5.79. The van der Waals surface area contributed by atoms with Crippen LogP contribution in [0.5, 0.6) is 5.75 Å². The first-order valence-corrected chi connectivity index (χ1v) is 8.62. The quantitative estimate of drug-likeness (QED) is 0.463. The molecule has 1 aromatic heterocycles.